The minimum Gasteiger partial charge on any atom is -0.395 e. The number of unbranched alkanes of at least 4 members (excludes halogenated alkanes) is 20. The molecule has 0 saturated carbocycles. The first-order chi connectivity index (χ1) is 39.0. The fourth-order valence-corrected chi connectivity index (χ4v) is 10.2. The fraction of sp³-hybridized carbons (Fsp3) is 0.829. The summed E-state index contributed by atoms with van der Waals surface area (Å²) in [5.74, 6) is 1.40. The van der Waals surface area contributed by atoms with Gasteiger partial charge in [-0.2, -0.15) is 0 Å². The molecule has 2 unspecified atom stereocenters. The Labute approximate surface area is 491 Å². The van der Waals surface area contributed by atoms with Crippen LogP contribution in [0.1, 0.15) is 272 Å². The Morgan fingerprint density at radius 2 is 0.671 bits per heavy atom. The summed E-state index contributed by atoms with van der Waals surface area (Å²) in [6.45, 7) is 17.9. The van der Waals surface area contributed by atoms with Gasteiger partial charge in [-0.25, -0.2) is 0 Å². The molecular formula is C70H136N4O5. The topological polar surface area (TPSA) is 152 Å². The van der Waals surface area contributed by atoms with E-state index in [4.69, 9.17) is 11.5 Å². The molecule has 0 bridgehead atoms. The van der Waals surface area contributed by atoms with Crippen LogP contribution in [-0.2, 0) is 4.74 Å². The van der Waals surface area contributed by atoms with Gasteiger partial charge < -0.3 is 36.6 Å². The molecule has 0 aromatic rings. The van der Waals surface area contributed by atoms with Crippen molar-refractivity contribution in [3.05, 3.63) is 71.9 Å². The van der Waals surface area contributed by atoms with Gasteiger partial charge in [-0.15, -0.1) is 0 Å². The normalized spacial score (nSPS) is 13.9. The summed E-state index contributed by atoms with van der Waals surface area (Å²) >= 11 is 0. The lowest BCUT2D eigenvalue weighted by molar-refractivity contribution is 0.158. The van der Waals surface area contributed by atoms with Gasteiger partial charge in [0, 0.05) is 26.2 Å². The molecule has 2 atom stereocenters. The number of rotatable bonds is 58. The van der Waals surface area contributed by atoms with Gasteiger partial charge >= 0.3 is 0 Å². The Morgan fingerprint density at radius 3 is 0.987 bits per heavy atom. The fourth-order valence-electron chi connectivity index (χ4n) is 10.2. The molecule has 1 heterocycles. The Balaban J connectivity index is 0. The van der Waals surface area contributed by atoms with Crippen LogP contribution in [0, 0.1) is 11.8 Å². The van der Waals surface area contributed by atoms with Crippen LogP contribution in [0.5, 0.6) is 0 Å². The average Bonchev–Trinajstić information content (AvgIpc) is 4.35. The van der Waals surface area contributed by atoms with E-state index in [9.17, 15) is 20.4 Å². The van der Waals surface area contributed by atoms with Crippen molar-refractivity contribution in [2.24, 2.45) is 23.3 Å². The SMILES string of the molecule is C1CO1.CCCC/C=C/C/C=C(/CCCCCCN(CCO)CCO)C(CC/C=C/CCCC)CCCCCCN(CCO)CCO.CCCC/C=C/C/C=C(/CCCCCCN)C(CC/C=C/CCCC)CCCCCCN. The first-order valence-corrected chi connectivity index (χ1v) is 33.8. The van der Waals surface area contributed by atoms with Crippen LogP contribution in [0.15, 0.2) is 71.9 Å². The van der Waals surface area contributed by atoms with Crippen molar-refractivity contribution in [3.63, 3.8) is 0 Å². The van der Waals surface area contributed by atoms with E-state index in [-0.39, 0.29) is 26.4 Å². The van der Waals surface area contributed by atoms with Crippen molar-refractivity contribution in [3.8, 4) is 0 Å². The molecule has 0 radical (unpaired) electrons. The van der Waals surface area contributed by atoms with E-state index >= 15 is 0 Å². The van der Waals surface area contributed by atoms with Gasteiger partial charge in [-0.3, -0.25) is 9.80 Å². The van der Waals surface area contributed by atoms with E-state index in [0.29, 0.717) is 32.1 Å². The van der Waals surface area contributed by atoms with Crippen LogP contribution < -0.4 is 11.5 Å². The summed E-state index contributed by atoms with van der Waals surface area (Å²) in [6, 6.07) is 0. The monoisotopic (exact) mass is 1110 g/mol. The highest BCUT2D eigenvalue weighted by Crippen LogP contribution is 2.31. The third-order valence-corrected chi connectivity index (χ3v) is 15.3. The van der Waals surface area contributed by atoms with Crippen molar-refractivity contribution < 1.29 is 25.2 Å². The molecule has 0 spiro atoms. The molecule has 0 amide bonds. The van der Waals surface area contributed by atoms with Gasteiger partial charge in [0.05, 0.1) is 39.6 Å². The van der Waals surface area contributed by atoms with Crippen molar-refractivity contribution >= 4 is 0 Å². The second-order valence-corrected chi connectivity index (χ2v) is 22.5. The second kappa shape index (κ2) is 68.6. The van der Waals surface area contributed by atoms with Crippen LogP contribution in [0.2, 0.25) is 0 Å². The molecule has 1 rings (SSSR count). The van der Waals surface area contributed by atoms with E-state index in [1.54, 1.807) is 11.1 Å². The third kappa shape index (κ3) is 60.5. The number of hydrogen-bond donors (Lipinski definition) is 6. The first kappa shape index (κ1) is 79.1. The molecule has 466 valence electrons. The lowest BCUT2D eigenvalue weighted by Gasteiger charge is -2.22. The zero-order chi connectivity index (χ0) is 58.0. The lowest BCUT2D eigenvalue weighted by atomic mass is 9.85. The number of nitrogens with two attached hydrogens (primary N) is 2. The molecule has 1 fully saturated rings. The Bertz CT molecular complexity index is 1350. The molecule has 0 aliphatic carbocycles. The highest BCUT2D eigenvalue weighted by molar-refractivity contribution is 5.11. The maximum Gasteiger partial charge on any atom is 0.0701 e. The molecular weight excluding hydrogens is 977 g/mol. The summed E-state index contributed by atoms with van der Waals surface area (Å²) in [7, 11) is 0. The first-order valence-electron chi connectivity index (χ1n) is 33.8. The standard InChI is InChI=1S/C38H74N2O4.C30H58N2.C2H4O/c1-3-5-7-9-11-17-23-37(25-19-13-15-21-27-39(29-33-41)30-34-42)38(24-18-12-10-8-6-4-2)26-20-14-16-22-28-40(31-35-43)32-36-44;1-3-5-7-9-11-17-23-29(25-19-13-15-21-27-31)30(26-20-14-16-22-28-32)24-18-12-10-8-6-4-2;1-2-3-1/h9-12,23,38,41-44H,3-8,13-22,24-36H2,1-2H3;9-12,23,30H,3-8,13-22,24-28,31-32H2,1-2H3;1-2H2/b11-9+,12-10+,37-23-;11-9+,12-10+,29-23-;. The maximum absolute atomic E-state index is 9.27. The molecule has 0 aromatic carbocycles. The molecule has 79 heavy (non-hydrogen) atoms. The largest absolute Gasteiger partial charge is 0.395 e. The Morgan fingerprint density at radius 1 is 0.367 bits per heavy atom. The van der Waals surface area contributed by atoms with Crippen LogP contribution in [0.25, 0.3) is 0 Å². The van der Waals surface area contributed by atoms with Crippen LogP contribution in [0.4, 0.5) is 0 Å². The number of nitrogens with zero attached hydrogens (tertiary/aromatic N) is 2. The van der Waals surface area contributed by atoms with E-state index in [1.807, 2.05) is 0 Å². The minimum atomic E-state index is 0.155. The van der Waals surface area contributed by atoms with Gasteiger partial charge in [0.25, 0.3) is 0 Å². The van der Waals surface area contributed by atoms with Crippen LogP contribution in [0.3, 0.4) is 0 Å². The van der Waals surface area contributed by atoms with Crippen molar-refractivity contribution in [2.75, 3.05) is 92.0 Å². The summed E-state index contributed by atoms with van der Waals surface area (Å²) in [6.07, 6.45) is 71.5. The Kier molecular flexibility index (Phi) is 68.7. The summed E-state index contributed by atoms with van der Waals surface area (Å²) in [4.78, 5) is 4.33. The molecule has 0 aromatic heterocycles. The van der Waals surface area contributed by atoms with Gasteiger partial charge in [0.2, 0.25) is 0 Å². The van der Waals surface area contributed by atoms with Crippen molar-refractivity contribution in [2.45, 2.75) is 272 Å². The van der Waals surface area contributed by atoms with Gasteiger partial charge in [0.15, 0.2) is 0 Å². The predicted octanol–water partition coefficient (Wildman–Crippen LogP) is 16.7. The summed E-state index contributed by atoms with van der Waals surface area (Å²) in [5, 5.41) is 37.1. The van der Waals surface area contributed by atoms with Crippen LogP contribution >= 0.6 is 0 Å². The number of hydrogen-bond acceptors (Lipinski definition) is 9. The molecule has 9 heteroatoms. The number of epoxide rings is 1. The molecule has 1 saturated heterocycles. The van der Waals surface area contributed by atoms with E-state index < -0.39 is 0 Å². The van der Waals surface area contributed by atoms with Gasteiger partial charge in [-0.05, 0) is 166 Å². The molecule has 1 aliphatic heterocycles. The summed E-state index contributed by atoms with van der Waals surface area (Å²) in [5.41, 5.74) is 14.8. The summed E-state index contributed by atoms with van der Waals surface area (Å²) < 4.78 is 4.50. The number of aliphatic hydroxyl groups excluding tert-OH is 4. The second-order valence-electron chi connectivity index (χ2n) is 22.5. The average molecular weight is 1110 g/mol. The van der Waals surface area contributed by atoms with Crippen molar-refractivity contribution in [1.82, 2.24) is 9.80 Å². The molecule has 9 nitrogen and oxygen atoms in total. The quantitative estimate of drug-likeness (QED) is 0.0199. The maximum atomic E-state index is 9.27. The number of ether oxygens (including phenoxy) is 1. The highest BCUT2D eigenvalue weighted by Gasteiger charge is 2.16. The van der Waals surface area contributed by atoms with Crippen molar-refractivity contribution in [1.29, 1.82) is 0 Å². The van der Waals surface area contributed by atoms with Crippen LogP contribution in [-0.4, -0.2) is 122 Å². The highest BCUT2D eigenvalue weighted by atomic mass is 16.6. The molecule has 8 N–H and O–H groups in total. The van der Waals surface area contributed by atoms with Gasteiger partial charge in [0.1, 0.15) is 0 Å². The smallest absolute Gasteiger partial charge is 0.0701 e. The third-order valence-electron chi connectivity index (χ3n) is 15.3. The van der Waals surface area contributed by atoms with E-state index in [0.717, 1.165) is 71.0 Å². The minimum absolute atomic E-state index is 0.155. The van der Waals surface area contributed by atoms with E-state index in [2.05, 4.69) is 103 Å². The van der Waals surface area contributed by atoms with Gasteiger partial charge in [-0.1, -0.05) is 215 Å². The Hall–Kier alpha value is -1.92. The lowest BCUT2D eigenvalue weighted by Crippen LogP contribution is -2.30. The number of allylic oxidation sites excluding steroid dienone is 12. The number of aliphatic hydroxyl groups is 4. The molecule has 1 aliphatic rings. The zero-order valence-corrected chi connectivity index (χ0v) is 52.9. The predicted molar refractivity (Wildman–Crippen MR) is 348 cm³/mol. The zero-order valence-electron chi connectivity index (χ0n) is 52.9. The van der Waals surface area contributed by atoms with E-state index in [1.165, 1.54) is 218 Å².